The van der Waals surface area contributed by atoms with Gasteiger partial charge in [0.25, 0.3) is 0 Å². The van der Waals surface area contributed by atoms with Crippen LogP contribution in [0.4, 0.5) is 0 Å². The van der Waals surface area contributed by atoms with Gasteiger partial charge in [0.1, 0.15) is 6.04 Å². The van der Waals surface area contributed by atoms with Gasteiger partial charge in [-0.05, 0) is 56.3 Å². The maximum Gasteiger partial charge on any atom is 0.153 e. The van der Waals surface area contributed by atoms with Gasteiger partial charge in [0.15, 0.2) is 5.54 Å². The number of likely N-dealkylation sites (tertiary alicyclic amines) is 1. The topological polar surface area (TPSA) is 0 Å². The highest BCUT2D eigenvalue weighted by Gasteiger charge is 2.91. The number of fused-ring (bicyclic) bond motifs is 8. The highest BCUT2D eigenvalue weighted by atomic mass is 15.6. The van der Waals surface area contributed by atoms with Crippen LogP contribution in [-0.2, 0) is 0 Å². The molecule has 4 saturated carbocycles. The molecule has 5 aliphatic rings. The van der Waals surface area contributed by atoms with Crippen LogP contribution in [-0.4, -0.2) is 30.2 Å². The number of rotatable bonds is 0. The number of likely N-dealkylation sites (N-methyl/N-ethyl adjacent to an activating group) is 1. The molecule has 5 rings (SSSR count). The maximum absolute atomic E-state index is 2.60. The van der Waals surface area contributed by atoms with Crippen LogP contribution < -0.4 is 0 Å². The fourth-order valence-corrected chi connectivity index (χ4v) is 6.57. The molecule has 0 aromatic rings. The Labute approximate surface area is 98.8 Å². The first kappa shape index (κ1) is 8.97. The molecule has 0 N–H and O–H groups in total. The second kappa shape index (κ2) is 2.13. The first-order chi connectivity index (χ1) is 7.57. The molecule has 1 saturated heterocycles. The molecular weight excluding hydrogens is 194 g/mol. The first-order valence-electron chi connectivity index (χ1n) is 7.40. The fraction of sp³-hybridized carbons (Fsp3) is 1.00. The summed E-state index contributed by atoms with van der Waals surface area (Å²) in [6.45, 7) is 2.60. The average Bonchev–Trinajstić information content (AvgIpc) is 3.07. The van der Waals surface area contributed by atoms with E-state index in [9.17, 15) is 0 Å². The van der Waals surface area contributed by atoms with E-state index in [-0.39, 0.29) is 0 Å². The van der Waals surface area contributed by atoms with Crippen molar-refractivity contribution in [2.75, 3.05) is 14.1 Å². The molecule has 0 bridgehead atoms. The molecule has 16 heavy (non-hydrogen) atoms. The zero-order valence-electron chi connectivity index (χ0n) is 10.8. The summed E-state index contributed by atoms with van der Waals surface area (Å²) in [6.07, 6.45) is 6.38. The Balaban J connectivity index is 1.56. The van der Waals surface area contributed by atoms with Gasteiger partial charge < -0.3 is 4.48 Å². The fourth-order valence-electron chi connectivity index (χ4n) is 6.57. The van der Waals surface area contributed by atoms with E-state index in [0.717, 1.165) is 29.7 Å². The van der Waals surface area contributed by atoms with Gasteiger partial charge in [0.05, 0.1) is 14.1 Å². The molecule has 1 heteroatoms. The van der Waals surface area contributed by atoms with Crippen molar-refractivity contribution in [3.63, 3.8) is 0 Å². The van der Waals surface area contributed by atoms with Crippen LogP contribution in [0.15, 0.2) is 0 Å². The second-order valence-electron chi connectivity index (χ2n) is 8.21. The van der Waals surface area contributed by atoms with Gasteiger partial charge in [-0.15, -0.1) is 0 Å². The molecule has 8 atom stereocenters. The highest BCUT2D eigenvalue weighted by molar-refractivity contribution is 5.27. The van der Waals surface area contributed by atoms with Gasteiger partial charge >= 0.3 is 0 Å². The lowest BCUT2D eigenvalue weighted by Crippen LogP contribution is -2.48. The van der Waals surface area contributed by atoms with Crippen LogP contribution in [0.3, 0.4) is 0 Å². The molecule has 0 spiro atoms. The molecule has 1 heterocycles. The predicted octanol–water partition coefficient (Wildman–Crippen LogP) is 2.52. The van der Waals surface area contributed by atoms with Crippen molar-refractivity contribution in [2.45, 2.75) is 44.2 Å². The lowest BCUT2D eigenvalue weighted by Gasteiger charge is -2.37. The number of nitrogens with zero attached hydrogens (tertiary/aromatic N) is 1. The first-order valence-corrected chi connectivity index (χ1v) is 7.40. The number of quaternary nitrogens is 1. The molecule has 1 aliphatic heterocycles. The summed E-state index contributed by atoms with van der Waals surface area (Å²) in [4.78, 5) is 0. The largest absolute Gasteiger partial charge is 0.311 e. The quantitative estimate of drug-likeness (QED) is 0.433. The van der Waals surface area contributed by atoms with Gasteiger partial charge in [-0.2, -0.15) is 0 Å². The third-order valence-electron chi connectivity index (χ3n) is 7.74. The third-order valence-corrected chi connectivity index (χ3v) is 7.74. The van der Waals surface area contributed by atoms with E-state index in [1.165, 1.54) is 16.3 Å². The summed E-state index contributed by atoms with van der Waals surface area (Å²) in [6, 6.07) is 1.06. The molecular formula is C15H24N+. The molecule has 88 valence electrons. The summed E-state index contributed by atoms with van der Waals surface area (Å²) in [5, 5.41) is 0. The van der Waals surface area contributed by atoms with Crippen molar-refractivity contribution in [1.29, 1.82) is 0 Å². The molecule has 1 nitrogen and oxygen atoms in total. The molecule has 4 aliphatic carbocycles. The van der Waals surface area contributed by atoms with E-state index in [4.69, 9.17) is 0 Å². The summed E-state index contributed by atoms with van der Waals surface area (Å²) < 4.78 is 1.37. The Morgan fingerprint density at radius 2 is 1.62 bits per heavy atom. The highest BCUT2D eigenvalue weighted by Crippen LogP contribution is 2.79. The minimum atomic E-state index is 0.717. The van der Waals surface area contributed by atoms with Crippen LogP contribution in [0.2, 0.25) is 0 Å². The Bertz CT molecular complexity index is 387. The van der Waals surface area contributed by atoms with Crippen LogP contribution in [0.5, 0.6) is 0 Å². The van der Waals surface area contributed by atoms with E-state index in [1.54, 1.807) is 25.7 Å². The summed E-state index contributed by atoms with van der Waals surface area (Å²) in [5.74, 6) is 6.94. The van der Waals surface area contributed by atoms with E-state index in [2.05, 4.69) is 21.0 Å². The monoisotopic (exact) mass is 218 g/mol. The molecule has 0 amide bonds. The lowest BCUT2D eigenvalue weighted by molar-refractivity contribution is -0.791. The standard InChI is InChI=1S/C15H24N/c1-15-13-11-7-9(11)5-4-8-6-10(8)12(13)14(15)16(15,2)3/h8-14H,4-7H2,1-3H3/q+1. The summed E-state index contributed by atoms with van der Waals surface area (Å²) in [5.41, 5.74) is 0.717. The van der Waals surface area contributed by atoms with Gasteiger partial charge in [0, 0.05) is 11.8 Å². The van der Waals surface area contributed by atoms with Crippen LogP contribution in [0.1, 0.15) is 32.6 Å². The van der Waals surface area contributed by atoms with Crippen molar-refractivity contribution in [1.82, 2.24) is 0 Å². The van der Waals surface area contributed by atoms with Gasteiger partial charge in [-0.25, -0.2) is 0 Å². The van der Waals surface area contributed by atoms with Crippen LogP contribution in [0.25, 0.3) is 0 Å². The van der Waals surface area contributed by atoms with Crippen molar-refractivity contribution in [2.24, 2.45) is 35.5 Å². The van der Waals surface area contributed by atoms with E-state index < -0.39 is 0 Å². The third kappa shape index (κ3) is 0.698. The minimum Gasteiger partial charge on any atom is -0.311 e. The Morgan fingerprint density at radius 1 is 1.00 bits per heavy atom. The zero-order chi connectivity index (χ0) is 10.9. The van der Waals surface area contributed by atoms with Gasteiger partial charge in [-0.3, -0.25) is 0 Å². The average molecular weight is 218 g/mol. The number of hydrogen-bond donors (Lipinski definition) is 0. The minimum absolute atomic E-state index is 0.717. The predicted molar refractivity (Wildman–Crippen MR) is 63.7 cm³/mol. The number of hydrogen-bond acceptors (Lipinski definition) is 0. The molecule has 8 unspecified atom stereocenters. The van der Waals surface area contributed by atoms with Crippen molar-refractivity contribution >= 4 is 0 Å². The summed E-state index contributed by atoms with van der Waals surface area (Å²) >= 11 is 0. The van der Waals surface area contributed by atoms with E-state index >= 15 is 0 Å². The van der Waals surface area contributed by atoms with Crippen LogP contribution in [0, 0.1) is 35.5 Å². The maximum atomic E-state index is 2.60. The Kier molecular flexibility index (Phi) is 1.20. The molecule has 5 fully saturated rings. The van der Waals surface area contributed by atoms with Crippen molar-refractivity contribution < 1.29 is 4.48 Å². The van der Waals surface area contributed by atoms with E-state index in [0.29, 0.717) is 5.54 Å². The Morgan fingerprint density at radius 3 is 2.38 bits per heavy atom. The van der Waals surface area contributed by atoms with Gasteiger partial charge in [0.2, 0.25) is 0 Å². The summed E-state index contributed by atoms with van der Waals surface area (Å²) in [7, 11) is 5.01. The van der Waals surface area contributed by atoms with E-state index in [1.807, 2.05) is 0 Å². The zero-order valence-corrected chi connectivity index (χ0v) is 10.8. The molecule has 0 aromatic heterocycles. The molecule has 0 radical (unpaired) electrons. The van der Waals surface area contributed by atoms with Gasteiger partial charge in [-0.1, -0.05) is 0 Å². The smallest absolute Gasteiger partial charge is 0.153 e. The Hall–Kier alpha value is -0.0400. The lowest BCUT2D eigenvalue weighted by atomic mass is 9.60. The van der Waals surface area contributed by atoms with Crippen molar-refractivity contribution in [3.05, 3.63) is 0 Å². The SMILES string of the molecule is CC12C3C4CC4CCC4CC4C3C1[N+]2(C)C. The van der Waals surface area contributed by atoms with Crippen LogP contribution >= 0.6 is 0 Å². The second-order valence-corrected chi connectivity index (χ2v) is 8.21. The normalized spacial score (nSPS) is 71.8. The van der Waals surface area contributed by atoms with Crippen molar-refractivity contribution in [3.8, 4) is 0 Å². The molecule has 0 aromatic carbocycles.